The van der Waals surface area contributed by atoms with Crippen molar-refractivity contribution < 1.29 is 14.3 Å². The monoisotopic (exact) mass is 309 g/mol. The van der Waals surface area contributed by atoms with Gasteiger partial charge in [0.15, 0.2) is 0 Å². The van der Waals surface area contributed by atoms with Crippen molar-refractivity contribution >= 4 is 28.6 Å². The van der Waals surface area contributed by atoms with Gasteiger partial charge >= 0.3 is 5.97 Å². The molecule has 3 nitrogen and oxygen atoms in total. The zero-order chi connectivity index (χ0) is 10.7. The standard InChI is InChI=1S/C9H9FINO2/c10-7-2-1-6(11)3-5(7)4-8(12)9(13)14/h1-3,8H,4,12H2,(H,13,14). The van der Waals surface area contributed by atoms with Crippen LogP contribution in [-0.4, -0.2) is 17.1 Å². The van der Waals surface area contributed by atoms with Crippen LogP contribution in [0.3, 0.4) is 0 Å². The van der Waals surface area contributed by atoms with Crippen molar-refractivity contribution in [3.63, 3.8) is 0 Å². The maximum absolute atomic E-state index is 13.1. The third-order valence-corrected chi connectivity index (χ3v) is 2.44. The molecule has 1 unspecified atom stereocenters. The molecule has 0 aliphatic heterocycles. The van der Waals surface area contributed by atoms with E-state index in [-0.39, 0.29) is 6.42 Å². The molecule has 5 heteroatoms. The number of carboxylic acid groups (broad SMARTS) is 1. The van der Waals surface area contributed by atoms with Crippen LogP contribution in [-0.2, 0) is 11.2 Å². The van der Waals surface area contributed by atoms with Crippen LogP contribution in [0.2, 0.25) is 0 Å². The number of carbonyl (C=O) groups is 1. The lowest BCUT2D eigenvalue weighted by Crippen LogP contribution is -2.32. The van der Waals surface area contributed by atoms with Gasteiger partial charge in [0.2, 0.25) is 0 Å². The van der Waals surface area contributed by atoms with Crippen LogP contribution in [0.4, 0.5) is 4.39 Å². The number of nitrogens with two attached hydrogens (primary N) is 1. The van der Waals surface area contributed by atoms with Gasteiger partial charge in [-0.2, -0.15) is 0 Å². The fraction of sp³-hybridized carbons (Fsp3) is 0.222. The largest absolute Gasteiger partial charge is 0.480 e. The number of benzene rings is 1. The van der Waals surface area contributed by atoms with E-state index in [2.05, 4.69) is 0 Å². The van der Waals surface area contributed by atoms with Crippen LogP contribution < -0.4 is 5.73 Å². The maximum atomic E-state index is 13.1. The smallest absolute Gasteiger partial charge is 0.320 e. The van der Waals surface area contributed by atoms with Gasteiger partial charge in [0.25, 0.3) is 0 Å². The summed E-state index contributed by atoms with van der Waals surface area (Å²) in [6, 6.07) is 3.47. The van der Waals surface area contributed by atoms with E-state index in [1.54, 1.807) is 12.1 Å². The summed E-state index contributed by atoms with van der Waals surface area (Å²) in [4.78, 5) is 10.5. The predicted octanol–water partition coefficient (Wildman–Crippen LogP) is 1.38. The molecule has 0 amide bonds. The Morgan fingerprint density at radius 2 is 2.29 bits per heavy atom. The first kappa shape index (κ1) is 11.4. The summed E-state index contributed by atoms with van der Waals surface area (Å²) in [5.41, 5.74) is 5.64. The van der Waals surface area contributed by atoms with Gasteiger partial charge in [-0.05, 0) is 46.4 Å². The highest BCUT2D eigenvalue weighted by atomic mass is 127. The summed E-state index contributed by atoms with van der Waals surface area (Å²) in [7, 11) is 0. The highest BCUT2D eigenvalue weighted by Crippen LogP contribution is 2.13. The van der Waals surface area contributed by atoms with E-state index in [9.17, 15) is 9.18 Å². The first-order chi connectivity index (χ1) is 6.50. The number of rotatable bonds is 3. The van der Waals surface area contributed by atoms with Gasteiger partial charge < -0.3 is 10.8 Å². The lowest BCUT2D eigenvalue weighted by molar-refractivity contribution is -0.138. The van der Waals surface area contributed by atoms with Crippen LogP contribution in [0.25, 0.3) is 0 Å². The molecule has 1 aromatic carbocycles. The van der Waals surface area contributed by atoms with Gasteiger partial charge in [-0.3, -0.25) is 4.79 Å². The van der Waals surface area contributed by atoms with Crippen molar-refractivity contribution in [2.45, 2.75) is 12.5 Å². The van der Waals surface area contributed by atoms with E-state index < -0.39 is 17.8 Å². The molecule has 0 spiro atoms. The third kappa shape index (κ3) is 2.91. The molecule has 0 bridgehead atoms. The lowest BCUT2D eigenvalue weighted by Gasteiger charge is -2.07. The SMILES string of the molecule is NC(Cc1cc(I)ccc1F)C(=O)O. The maximum Gasteiger partial charge on any atom is 0.320 e. The van der Waals surface area contributed by atoms with Crippen molar-refractivity contribution in [3.05, 3.63) is 33.1 Å². The van der Waals surface area contributed by atoms with Crippen molar-refractivity contribution in [3.8, 4) is 0 Å². The quantitative estimate of drug-likeness (QED) is 0.829. The molecule has 1 rings (SSSR count). The van der Waals surface area contributed by atoms with Gasteiger partial charge in [-0.1, -0.05) is 0 Å². The Kier molecular flexibility index (Phi) is 3.82. The van der Waals surface area contributed by atoms with E-state index in [1.165, 1.54) is 6.07 Å². The number of aliphatic carboxylic acids is 1. The highest BCUT2D eigenvalue weighted by molar-refractivity contribution is 14.1. The fourth-order valence-electron chi connectivity index (χ4n) is 1.02. The Morgan fingerprint density at radius 3 is 2.86 bits per heavy atom. The summed E-state index contributed by atoms with van der Waals surface area (Å²) in [5, 5.41) is 8.55. The minimum absolute atomic E-state index is 0.0119. The first-order valence-electron chi connectivity index (χ1n) is 3.93. The van der Waals surface area contributed by atoms with Crippen molar-refractivity contribution in [1.29, 1.82) is 0 Å². The van der Waals surface area contributed by atoms with Gasteiger partial charge in [0.05, 0.1) is 0 Å². The Morgan fingerprint density at radius 1 is 1.64 bits per heavy atom. The molecule has 1 atom stereocenters. The fourth-order valence-corrected chi connectivity index (χ4v) is 1.58. The Hall–Kier alpha value is -0.690. The molecule has 1 aromatic rings. The van der Waals surface area contributed by atoms with E-state index in [1.807, 2.05) is 22.6 Å². The van der Waals surface area contributed by atoms with E-state index in [0.717, 1.165) is 3.57 Å². The molecule has 0 fully saturated rings. The van der Waals surface area contributed by atoms with Gasteiger partial charge in [-0.15, -0.1) is 0 Å². The predicted molar refractivity (Wildman–Crippen MR) is 58.4 cm³/mol. The van der Waals surface area contributed by atoms with Gasteiger partial charge in [-0.25, -0.2) is 4.39 Å². The van der Waals surface area contributed by atoms with Crippen LogP contribution in [0.1, 0.15) is 5.56 Å². The Bertz CT molecular complexity index is 357. The first-order valence-corrected chi connectivity index (χ1v) is 5.01. The van der Waals surface area contributed by atoms with Crippen LogP contribution in [0.5, 0.6) is 0 Å². The van der Waals surface area contributed by atoms with Crippen molar-refractivity contribution in [2.75, 3.05) is 0 Å². The van der Waals surface area contributed by atoms with Gasteiger partial charge in [0, 0.05) is 9.99 Å². The summed E-state index contributed by atoms with van der Waals surface area (Å²) >= 11 is 2.03. The van der Waals surface area contributed by atoms with E-state index in [0.29, 0.717) is 5.56 Å². The number of hydrogen-bond acceptors (Lipinski definition) is 2. The molecule has 0 heterocycles. The average molecular weight is 309 g/mol. The second-order valence-electron chi connectivity index (χ2n) is 2.88. The molecule has 0 aromatic heterocycles. The zero-order valence-corrected chi connectivity index (χ0v) is 9.36. The second-order valence-corrected chi connectivity index (χ2v) is 4.13. The summed E-state index contributed by atoms with van der Waals surface area (Å²) < 4.78 is 14.0. The molecule has 0 radical (unpaired) electrons. The highest BCUT2D eigenvalue weighted by Gasteiger charge is 2.14. The summed E-state index contributed by atoms with van der Waals surface area (Å²) in [5.74, 6) is -1.54. The normalized spacial score (nSPS) is 12.5. The molecule has 0 aliphatic rings. The molecular formula is C9H9FINO2. The number of carboxylic acids is 1. The summed E-state index contributed by atoms with van der Waals surface area (Å²) in [6.07, 6.45) is 0.0119. The van der Waals surface area contributed by atoms with E-state index >= 15 is 0 Å². The third-order valence-electron chi connectivity index (χ3n) is 1.76. The lowest BCUT2D eigenvalue weighted by atomic mass is 10.1. The zero-order valence-electron chi connectivity index (χ0n) is 7.21. The average Bonchev–Trinajstić information content (AvgIpc) is 2.11. The van der Waals surface area contributed by atoms with E-state index in [4.69, 9.17) is 10.8 Å². The molecular weight excluding hydrogens is 300 g/mol. The van der Waals surface area contributed by atoms with Crippen molar-refractivity contribution in [1.82, 2.24) is 0 Å². The second kappa shape index (κ2) is 4.70. The van der Waals surface area contributed by atoms with Crippen LogP contribution in [0.15, 0.2) is 18.2 Å². The number of halogens is 2. The van der Waals surface area contributed by atoms with Crippen LogP contribution >= 0.6 is 22.6 Å². The van der Waals surface area contributed by atoms with Crippen molar-refractivity contribution in [2.24, 2.45) is 5.73 Å². The van der Waals surface area contributed by atoms with Gasteiger partial charge in [0.1, 0.15) is 11.9 Å². The Labute approximate surface area is 94.2 Å². The topological polar surface area (TPSA) is 63.3 Å². The van der Waals surface area contributed by atoms with Crippen LogP contribution in [0, 0.1) is 9.39 Å². The molecule has 0 aliphatic carbocycles. The minimum atomic E-state index is -1.12. The molecule has 0 saturated carbocycles. The molecule has 0 saturated heterocycles. The molecule has 76 valence electrons. The Balaban J connectivity index is 2.85. The molecule has 14 heavy (non-hydrogen) atoms. The summed E-state index contributed by atoms with van der Waals surface area (Å²) in [6.45, 7) is 0. The minimum Gasteiger partial charge on any atom is -0.480 e. The number of hydrogen-bond donors (Lipinski definition) is 2. The molecule has 3 N–H and O–H groups in total.